The second kappa shape index (κ2) is 10.2. The topological polar surface area (TPSA) is 93.6 Å². The van der Waals surface area contributed by atoms with Crippen LogP contribution in [0.4, 0.5) is 0 Å². The highest BCUT2D eigenvalue weighted by molar-refractivity contribution is 14.0. The summed E-state index contributed by atoms with van der Waals surface area (Å²) < 4.78 is 13.0. The van der Waals surface area contributed by atoms with Gasteiger partial charge in [0.1, 0.15) is 6.10 Å². The molecule has 0 saturated carbocycles. The van der Waals surface area contributed by atoms with E-state index in [0.717, 1.165) is 23.6 Å². The molecule has 1 atom stereocenters. The van der Waals surface area contributed by atoms with Gasteiger partial charge >= 0.3 is 0 Å². The van der Waals surface area contributed by atoms with Crippen molar-refractivity contribution in [3.63, 3.8) is 0 Å². The molecule has 30 heavy (non-hydrogen) atoms. The standard InChI is InChI=1S/C19H22ClN7O2.HI/c1-21-19(27-6-7-28-16(12-27)14-9-23-26(2)11-14)22-10-17-24-18(25-29-17)13-4-3-5-15(20)8-13;/h3-5,8-9,11,16H,6-7,10,12H2,1-2H3,(H,21,22);1H. The average molecular weight is 544 g/mol. The van der Waals surface area contributed by atoms with E-state index in [1.807, 2.05) is 31.6 Å². The molecule has 0 bridgehead atoms. The monoisotopic (exact) mass is 543 g/mol. The number of rotatable bonds is 4. The maximum atomic E-state index is 6.03. The number of ether oxygens (including phenoxy) is 1. The Morgan fingerprint density at radius 1 is 1.40 bits per heavy atom. The number of aryl methyl sites for hydroxylation is 1. The van der Waals surface area contributed by atoms with Crippen LogP contribution in [0, 0.1) is 0 Å². The molecule has 1 fully saturated rings. The number of hydrogen-bond acceptors (Lipinski definition) is 6. The van der Waals surface area contributed by atoms with Gasteiger partial charge in [-0.05, 0) is 12.1 Å². The van der Waals surface area contributed by atoms with Crippen molar-refractivity contribution in [1.82, 2.24) is 30.1 Å². The van der Waals surface area contributed by atoms with Gasteiger partial charge in [-0.3, -0.25) is 9.67 Å². The van der Waals surface area contributed by atoms with E-state index >= 15 is 0 Å². The molecule has 9 nitrogen and oxygen atoms in total. The third-order valence-corrected chi connectivity index (χ3v) is 4.86. The van der Waals surface area contributed by atoms with Crippen LogP contribution in [0.15, 0.2) is 46.2 Å². The summed E-state index contributed by atoms with van der Waals surface area (Å²) in [4.78, 5) is 11.0. The molecule has 0 radical (unpaired) electrons. The number of nitrogens with zero attached hydrogens (tertiary/aromatic N) is 6. The van der Waals surface area contributed by atoms with Crippen LogP contribution in [0.1, 0.15) is 17.6 Å². The summed E-state index contributed by atoms with van der Waals surface area (Å²) in [5.41, 5.74) is 1.86. The lowest BCUT2D eigenvalue weighted by molar-refractivity contribution is -0.00809. The summed E-state index contributed by atoms with van der Waals surface area (Å²) >= 11 is 6.03. The number of aliphatic imine (C=N–C) groups is 1. The van der Waals surface area contributed by atoms with Gasteiger partial charge in [0, 0.05) is 43.0 Å². The van der Waals surface area contributed by atoms with Gasteiger partial charge in [-0.15, -0.1) is 24.0 Å². The number of aromatic nitrogens is 4. The largest absolute Gasteiger partial charge is 0.370 e. The van der Waals surface area contributed by atoms with Crippen molar-refractivity contribution in [2.24, 2.45) is 12.0 Å². The van der Waals surface area contributed by atoms with Crippen molar-refractivity contribution in [1.29, 1.82) is 0 Å². The van der Waals surface area contributed by atoms with Crippen molar-refractivity contribution < 1.29 is 9.26 Å². The minimum Gasteiger partial charge on any atom is -0.370 e. The first-order valence-corrected chi connectivity index (χ1v) is 9.64. The lowest BCUT2D eigenvalue weighted by Gasteiger charge is -2.34. The second-order valence-electron chi connectivity index (χ2n) is 6.68. The fourth-order valence-electron chi connectivity index (χ4n) is 3.21. The van der Waals surface area contributed by atoms with E-state index in [2.05, 4.69) is 30.4 Å². The molecule has 1 N–H and O–H groups in total. The lowest BCUT2D eigenvalue weighted by Crippen LogP contribution is -2.47. The first kappa shape index (κ1) is 22.5. The van der Waals surface area contributed by atoms with E-state index in [-0.39, 0.29) is 30.1 Å². The Hall–Kier alpha value is -2.18. The first-order valence-electron chi connectivity index (χ1n) is 9.26. The predicted molar refractivity (Wildman–Crippen MR) is 124 cm³/mol. The number of halogens is 2. The highest BCUT2D eigenvalue weighted by Gasteiger charge is 2.25. The van der Waals surface area contributed by atoms with Crippen LogP contribution in [0.3, 0.4) is 0 Å². The van der Waals surface area contributed by atoms with Gasteiger partial charge in [-0.1, -0.05) is 28.9 Å². The van der Waals surface area contributed by atoms with Gasteiger partial charge in [0.05, 0.1) is 25.9 Å². The maximum absolute atomic E-state index is 6.03. The molecule has 4 rings (SSSR count). The van der Waals surface area contributed by atoms with Crippen molar-refractivity contribution in [3.8, 4) is 11.4 Å². The average Bonchev–Trinajstić information content (AvgIpc) is 3.38. The molecule has 3 heterocycles. The number of morpholine rings is 1. The summed E-state index contributed by atoms with van der Waals surface area (Å²) in [5, 5.41) is 12.2. The number of nitrogens with one attached hydrogen (secondary N) is 1. The first-order chi connectivity index (χ1) is 14.1. The molecular weight excluding hydrogens is 521 g/mol. The van der Waals surface area contributed by atoms with E-state index in [1.54, 1.807) is 23.9 Å². The predicted octanol–water partition coefficient (Wildman–Crippen LogP) is 2.89. The smallest absolute Gasteiger partial charge is 0.246 e. The van der Waals surface area contributed by atoms with Gasteiger partial charge in [0.25, 0.3) is 0 Å². The molecule has 11 heteroatoms. The molecule has 3 aromatic rings. The third kappa shape index (κ3) is 5.29. The zero-order chi connectivity index (χ0) is 20.2. The Morgan fingerprint density at radius 3 is 3.00 bits per heavy atom. The van der Waals surface area contributed by atoms with Crippen molar-refractivity contribution in [2.45, 2.75) is 12.6 Å². The highest BCUT2D eigenvalue weighted by atomic mass is 127. The Balaban J connectivity index is 0.00000256. The van der Waals surface area contributed by atoms with Crippen LogP contribution in [-0.2, 0) is 18.3 Å². The van der Waals surface area contributed by atoms with E-state index < -0.39 is 0 Å². The van der Waals surface area contributed by atoms with Crippen LogP contribution in [0.25, 0.3) is 11.4 Å². The van der Waals surface area contributed by atoms with Crippen LogP contribution in [-0.4, -0.2) is 57.5 Å². The SMILES string of the molecule is CN=C(NCc1nc(-c2cccc(Cl)c2)no1)N1CCOC(c2cnn(C)c2)C1.I. The minimum absolute atomic E-state index is 0. The highest BCUT2D eigenvalue weighted by Crippen LogP contribution is 2.22. The number of guanidine groups is 1. The summed E-state index contributed by atoms with van der Waals surface area (Å²) in [5.74, 6) is 1.73. The van der Waals surface area contributed by atoms with Crippen LogP contribution in [0.5, 0.6) is 0 Å². The van der Waals surface area contributed by atoms with Gasteiger partial charge in [-0.25, -0.2) is 0 Å². The Morgan fingerprint density at radius 2 is 2.27 bits per heavy atom. The summed E-state index contributed by atoms with van der Waals surface area (Å²) in [6, 6.07) is 7.34. The molecule has 1 aliphatic rings. The molecule has 0 amide bonds. The van der Waals surface area contributed by atoms with E-state index in [1.165, 1.54) is 0 Å². The molecular formula is C19H23ClIN7O2. The zero-order valence-corrected chi connectivity index (χ0v) is 19.7. The maximum Gasteiger partial charge on any atom is 0.246 e. The number of hydrogen-bond donors (Lipinski definition) is 1. The molecule has 2 aromatic heterocycles. The van der Waals surface area contributed by atoms with E-state index in [0.29, 0.717) is 36.4 Å². The summed E-state index contributed by atoms with van der Waals surface area (Å²) in [6.07, 6.45) is 3.76. The lowest BCUT2D eigenvalue weighted by atomic mass is 10.1. The Kier molecular flexibility index (Phi) is 7.67. The van der Waals surface area contributed by atoms with Gasteiger partial charge in [0.15, 0.2) is 5.96 Å². The molecule has 1 aromatic carbocycles. The molecule has 1 saturated heterocycles. The molecule has 1 unspecified atom stereocenters. The van der Waals surface area contributed by atoms with Crippen LogP contribution in [0.2, 0.25) is 5.02 Å². The summed E-state index contributed by atoms with van der Waals surface area (Å²) in [6.45, 7) is 2.41. The van der Waals surface area contributed by atoms with E-state index in [9.17, 15) is 0 Å². The van der Waals surface area contributed by atoms with Gasteiger partial charge < -0.3 is 19.5 Å². The normalized spacial score (nSPS) is 17.0. The fourth-order valence-corrected chi connectivity index (χ4v) is 3.40. The molecule has 1 aliphatic heterocycles. The molecule has 160 valence electrons. The zero-order valence-electron chi connectivity index (χ0n) is 16.7. The minimum atomic E-state index is -0.0474. The van der Waals surface area contributed by atoms with Crippen molar-refractivity contribution in [2.75, 3.05) is 26.7 Å². The van der Waals surface area contributed by atoms with Crippen molar-refractivity contribution in [3.05, 3.63) is 53.1 Å². The quantitative estimate of drug-likeness (QED) is 0.307. The van der Waals surface area contributed by atoms with Crippen molar-refractivity contribution >= 4 is 41.5 Å². The molecule has 0 spiro atoms. The third-order valence-electron chi connectivity index (χ3n) is 4.62. The Labute approximate surface area is 196 Å². The summed E-state index contributed by atoms with van der Waals surface area (Å²) in [7, 11) is 3.65. The van der Waals surface area contributed by atoms with E-state index in [4.69, 9.17) is 20.9 Å². The Bertz CT molecular complexity index is 1010. The second-order valence-corrected chi connectivity index (χ2v) is 7.11. The fraction of sp³-hybridized carbons (Fsp3) is 0.368. The van der Waals surface area contributed by atoms with Gasteiger partial charge in [0.2, 0.25) is 11.7 Å². The van der Waals surface area contributed by atoms with Crippen LogP contribution < -0.4 is 5.32 Å². The molecule has 0 aliphatic carbocycles. The van der Waals surface area contributed by atoms with Crippen LogP contribution >= 0.6 is 35.6 Å². The number of benzene rings is 1. The van der Waals surface area contributed by atoms with Gasteiger partial charge in [-0.2, -0.15) is 10.1 Å².